The molecule has 5 heteroatoms. The predicted molar refractivity (Wildman–Crippen MR) is 541 cm³/mol. The third kappa shape index (κ3) is 12.8. The van der Waals surface area contributed by atoms with Crippen molar-refractivity contribution in [2.24, 2.45) is 0 Å². The standard InChI is InChI=1S/C122H85BN4/c1-122(2,3)98-70-93-54-52-91-68-95(69-92-53-55-94(71-98)118(93)117(91)92)90-60-66-109-113(76-90)126(120-105(86-40-20-8-21-41-86)72-96(82-36-16-6-17-37-82)73-106(120)87-42-22-9-23-43-87)115-78-102(124(99-61-56-84(57-62-99)80-32-12-4-13-33-80)100-63-58-85(59-64-100)81-34-14-5-15-35-81)79-116-119(115)123(109)110-67-65-101(125-111-50-30-28-48-103(111)104-49-29-31-51-112(104)125)77-114(110)127(116)121-107(88-44-24-10-25-45-88)74-97(83-38-18-7-19-39-83)75-108(121)89-46-26-11-27-47-89/h4-79H,1-3H3. The van der Waals surface area contributed by atoms with Crippen LogP contribution in [0.1, 0.15) is 26.3 Å². The molecule has 4 nitrogen and oxygen atoms in total. The van der Waals surface area contributed by atoms with Gasteiger partial charge in [0.25, 0.3) is 6.71 Å². The molecule has 0 fully saturated rings. The topological polar surface area (TPSA) is 14.7 Å². The highest BCUT2D eigenvalue weighted by molar-refractivity contribution is 7.00. The van der Waals surface area contributed by atoms with E-state index in [9.17, 15) is 0 Å². The lowest BCUT2D eigenvalue weighted by atomic mass is 9.33. The van der Waals surface area contributed by atoms with Crippen LogP contribution in [0.3, 0.4) is 0 Å². The van der Waals surface area contributed by atoms with E-state index in [4.69, 9.17) is 0 Å². The summed E-state index contributed by atoms with van der Waals surface area (Å²) in [5, 5.41) is 9.99. The highest BCUT2D eigenvalue weighted by Gasteiger charge is 2.47. The molecule has 2 aliphatic heterocycles. The number of benzene rings is 21. The van der Waals surface area contributed by atoms with Gasteiger partial charge in [0.05, 0.1) is 28.1 Å². The maximum atomic E-state index is 2.73. The molecule has 0 amide bonds. The van der Waals surface area contributed by atoms with Crippen LogP contribution < -0.4 is 31.1 Å². The molecule has 24 rings (SSSR count). The summed E-state index contributed by atoms with van der Waals surface area (Å²) in [6, 6.07) is 174. The number of para-hydroxylation sites is 2. The molecule has 127 heavy (non-hydrogen) atoms. The SMILES string of the molecule is CC(C)(C)c1cc2ccc3cc(-c4ccc5c(c4)N(c4c(-c6ccccc6)cc(-c6ccccc6)cc4-c4ccccc4)c4cc(N(c6ccc(-c7ccccc7)cc6)c6ccc(-c7ccccc7)cc6)cc6c4B5c4ccc(-n5c7ccccc7c7ccccc75)cc4N6c4c(-c5ccccc5)cc(-c5ccccc5)cc4-c4ccccc4)cc4ccc(c1)c2c34. The quantitative estimate of drug-likeness (QED) is 0.0751. The van der Waals surface area contributed by atoms with Gasteiger partial charge >= 0.3 is 0 Å². The van der Waals surface area contributed by atoms with E-state index in [0.29, 0.717) is 0 Å². The Balaban J connectivity index is 0.877. The van der Waals surface area contributed by atoms with E-state index in [-0.39, 0.29) is 12.1 Å². The van der Waals surface area contributed by atoms with E-state index < -0.39 is 0 Å². The first kappa shape index (κ1) is 74.7. The lowest BCUT2D eigenvalue weighted by molar-refractivity contribution is 0.591. The number of hydrogen-bond donors (Lipinski definition) is 0. The first-order chi connectivity index (χ1) is 62.6. The molecule has 0 atom stereocenters. The zero-order valence-electron chi connectivity index (χ0n) is 70.7. The summed E-state index contributed by atoms with van der Waals surface area (Å²) in [5.74, 6) is 0. The van der Waals surface area contributed by atoms with Crippen molar-refractivity contribution in [2.45, 2.75) is 26.2 Å². The maximum Gasteiger partial charge on any atom is 0.252 e. The van der Waals surface area contributed by atoms with Crippen molar-refractivity contribution in [3.8, 4) is 106 Å². The fourth-order valence-electron chi connectivity index (χ4n) is 20.5. The Kier molecular flexibility index (Phi) is 17.9. The highest BCUT2D eigenvalue weighted by Crippen LogP contribution is 2.57. The average Bonchev–Trinajstić information content (AvgIpc) is 0.830. The monoisotopic (exact) mass is 1620 g/mol. The van der Waals surface area contributed by atoms with Gasteiger partial charge in [-0.15, -0.1) is 0 Å². The summed E-state index contributed by atoms with van der Waals surface area (Å²) in [6.07, 6.45) is 0. The second kappa shape index (κ2) is 30.5. The number of nitrogens with zero attached hydrogens (tertiary/aromatic N) is 4. The lowest BCUT2D eigenvalue weighted by Crippen LogP contribution is -2.61. The summed E-state index contributed by atoms with van der Waals surface area (Å²) in [6.45, 7) is 6.60. The Hall–Kier alpha value is -16.1. The minimum absolute atomic E-state index is 0.0127. The molecule has 21 aromatic carbocycles. The van der Waals surface area contributed by atoms with Gasteiger partial charge in [-0.2, -0.15) is 0 Å². The minimum atomic E-state index is -0.363. The molecule has 0 saturated carbocycles. The molecule has 0 unspecified atom stereocenters. The Morgan fingerprint density at radius 1 is 0.228 bits per heavy atom. The molecule has 0 spiro atoms. The largest absolute Gasteiger partial charge is 0.310 e. The van der Waals surface area contributed by atoms with E-state index in [1.54, 1.807) is 0 Å². The number of hydrogen-bond acceptors (Lipinski definition) is 3. The van der Waals surface area contributed by atoms with Gasteiger partial charge in [-0.1, -0.05) is 379 Å². The summed E-state index contributed by atoms with van der Waals surface area (Å²) in [4.78, 5) is 7.98. The van der Waals surface area contributed by atoms with Gasteiger partial charge in [0.15, 0.2) is 0 Å². The Morgan fingerprint density at radius 3 is 0.913 bits per heavy atom. The van der Waals surface area contributed by atoms with Gasteiger partial charge < -0.3 is 19.3 Å². The molecule has 22 aromatic rings. The number of rotatable bonds is 15. The van der Waals surface area contributed by atoms with Crippen molar-refractivity contribution >= 4 is 128 Å². The van der Waals surface area contributed by atoms with E-state index in [2.05, 4.69) is 501 Å². The number of anilines is 9. The van der Waals surface area contributed by atoms with E-state index >= 15 is 0 Å². The molecule has 3 heterocycles. The van der Waals surface area contributed by atoms with Crippen LogP contribution in [0.15, 0.2) is 461 Å². The van der Waals surface area contributed by atoms with E-state index in [1.807, 2.05) is 0 Å². The summed E-state index contributed by atoms with van der Waals surface area (Å²) >= 11 is 0. The van der Waals surface area contributed by atoms with Crippen LogP contribution in [0.2, 0.25) is 0 Å². The van der Waals surface area contributed by atoms with E-state index in [1.165, 1.54) is 65.0 Å². The first-order valence-corrected chi connectivity index (χ1v) is 44.2. The van der Waals surface area contributed by atoms with Gasteiger partial charge in [0.1, 0.15) is 0 Å². The molecular weight excluding hydrogens is 1530 g/mol. The predicted octanol–water partition coefficient (Wildman–Crippen LogP) is 31.5. The van der Waals surface area contributed by atoms with Crippen LogP contribution in [-0.4, -0.2) is 11.3 Å². The van der Waals surface area contributed by atoms with Gasteiger partial charge in [-0.05, 0) is 241 Å². The van der Waals surface area contributed by atoms with Crippen molar-refractivity contribution in [1.29, 1.82) is 0 Å². The average molecular weight is 1620 g/mol. The van der Waals surface area contributed by atoms with Crippen LogP contribution in [-0.2, 0) is 5.41 Å². The summed E-state index contributed by atoms with van der Waals surface area (Å²) in [5.41, 5.74) is 37.6. The highest BCUT2D eigenvalue weighted by atomic mass is 15.2. The van der Waals surface area contributed by atoms with Crippen molar-refractivity contribution < 1.29 is 0 Å². The zero-order chi connectivity index (χ0) is 84.4. The van der Waals surface area contributed by atoms with Gasteiger partial charge in [0.2, 0.25) is 0 Å². The van der Waals surface area contributed by atoms with Crippen molar-refractivity contribution in [3.05, 3.63) is 467 Å². The fraction of sp³-hybridized carbons (Fsp3) is 0.0328. The van der Waals surface area contributed by atoms with Crippen LogP contribution in [0, 0.1) is 0 Å². The molecule has 0 N–H and O–H groups in total. The Labute approximate surface area is 741 Å². The van der Waals surface area contributed by atoms with Gasteiger partial charge in [-0.3, -0.25) is 0 Å². The maximum absolute atomic E-state index is 2.73. The molecule has 0 saturated heterocycles. The van der Waals surface area contributed by atoms with Crippen LogP contribution in [0.25, 0.3) is 160 Å². The zero-order valence-corrected chi connectivity index (χ0v) is 70.7. The lowest BCUT2D eigenvalue weighted by Gasteiger charge is -2.46. The third-order valence-corrected chi connectivity index (χ3v) is 26.6. The first-order valence-electron chi connectivity index (χ1n) is 44.2. The smallest absolute Gasteiger partial charge is 0.252 e. The van der Waals surface area contributed by atoms with Gasteiger partial charge in [-0.25, -0.2) is 0 Å². The summed E-state index contributed by atoms with van der Waals surface area (Å²) in [7, 11) is 0. The second-order valence-corrected chi connectivity index (χ2v) is 35.1. The fourth-order valence-corrected chi connectivity index (χ4v) is 20.5. The Morgan fingerprint density at radius 2 is 0.535 bits per heavy atom. The Bertz CT molecular complexity index is 7670. The van der Waals surface area contributed by atoms with E-state index in [0.717, 1.165) is 168 Å². The van der Waals surface area contributed by atoms with Crippen LogP contribution in [0.4, 0.5) is 51.2 Å². The molecule has 0 aliphatic carbocycles. The van der Waals surface area contributed by atoms with Gasteiger partial charge in [0, 0.05) is 72.8 Å². The molecule has 596 valence electrons. The third-order valence-electron chi connectivity index (χ3n) is 26.6. The number of fused-ring (bicyclic) bond motifs is 7. The number of aromatic nitrogens is 1. The molecule has 1 aromatic heterocycles. The van der Waals surface area contributed by atoms with Crippen molar-refractivity contribution in [3.63, 3.8) is 0 Å². The molecule has 0 bridgehead atoms. The molecular formula is C122H85BN4. The summed E-state index contributed by atoms with van der Waals surface area (Å²) < 4.78 is 2.51. The minimum Gasteiger partial charge on any atom is -0.310 e. The van der Waals surface area contributed by atoms with Crippen LogP contribution in [0.5, 0.6) is 0 Å². The van der Waals surface area contributed by atoms with Crippen molar-refractivity contribution in [1.82, 2.24) is 4.57 Å². The second-order valence-electron chi connectivity index (χ2n) is 35.1. The van der Waals surface area contributed by atoms with Crippen molar-refractivity contribution in [2.75, 3.05) is 14.7 Å². The molecule has 0 radical (unpaired) electrons. The normalized spacial score (nSPS) is 12.3. The molecule has 2 aliphatic rings. The van der Waals surface area contributed by atoms with Crippen LogP contribution >= 0.6 is 0 Å².